The number of guanidine groups is 1. The number of nitrogens with one attached hydrogen (secondary N) is 2. The highest BCUT2D eigenvalue weighted by molar-refractivity contribution is 7.09. The molecular formula is C18H26N4O2S. The second-order valence-corrected chi connectivity index (χ2v) is 6.29. The molecule has 0 fully saturated rings. The normalized spacial score (nSPS) is 11.4. The van der Waals surface area contributed by atoms with Crippen LogP contribution < -0.4 is 15.4 Å². The summed E-state index contributed by atoms with van der Waals surface area (Å²) in [5.74, 6) is 1.41. The van der Waals surface area contributed by atoms with Gasteiger partial charge in [-0.2, -0.15) is 0 Å². The molecule has 0 bridgehead atoms. The maximum Gasteiger partial charge on any atom is 0.218 e. The van der Waals surface area contributed by atoms with Crippen molar-refractivity contribution in [1.82, 2.24) is 15.6 Å². The summed E-state index contributed by atoms with van der Waals surface area (Å²) in [6.07, 6.45) is 2.71. The van der Waals surface area contributed by atoms with E-state index in [2.05, 4.69) is 45.0 Å². The molecule has 0 atom stereocenters. The van der Waals surface area contributed by atoms with Gasteiger partial charge >= 0.3 is 0 Å². The van der Waals surface area contributed by atoms with E-state index in [1.54, 1.807) is 24.6 Å². The summed E-state index contributed by atoms with van der Waals surface area (Å²) in [4.78, 5) is 10.3. The molecule has 0 aliphatic rings. The van der Waals surface area contributed by atoms with Crippen LogP contribution in [0.15, 0.2) is 40.8 Å². The SMILES string of the molecule is CCNC(=NCc1cccnc1OCCOC)NCCc1cccs1. The number of aliphatic imine (C=N–C) groups is 1. The van der Waals surface area contributed by atoms with Crippen molar-refractivity contribution in [2.45, 2.75) is 19.9 Å². The van der Waals surface area contributed by atoms with Gasteiger partial charge in [-0.05, 0) is 30.9 Å². The zero-order valence-electron chi connectivity index (χ0n) is 14.8. The molecular weight excluding hydrogens is 336 g/mol. The first-order valence-corrected chi connectivity index (χ1v) is 9.31. The summed E-state index contributed by atoms with van der Waals surface area (Å²) in [6, 6.07) is 8.10. The fraction of sp³-hybridized carbons (Fsp3) is 0.444. The quantitative estimate of drug-likeness (QED) is 0.386. The number of rotatable bonds is 10. The van der Waals surface area contributed by atoms with Crippen molar-refractivity contribution >= 4 is 17.3 Å². The second kappa shape index (κ2) is 11.4. The third-order valence-corrected chi connectivity index (χ3v) is 4.31. The minimum atomic E-state index is 0.476. The number of ether oxygens (including phenoxy) is 2. The Morgan fingerprint density at radius 1 is 1.24 bits per heavy atom. The van der Waals surface area contributed by atoms with E-state index in [0.29, 0.717) is 25.6 Å². The van der Waals surface area contributed by atoms with E-state index in [4.69, 9.17) is 9.47 Å². The Morgan fingerprint density at radius 3 is 2.92 bits per heavy atom. The molecule has 0 saturated heterocycles. The fourth-order valence-electron chi connectivity index (χ4n) is 2.16. The van der Waals surface area contributed by atoms with Gasteiger partial charge < -0.3 is 20.1 Å². The molecule has 6 nitrogen and oxygen atoms in total. The predicted octanol–water partition coefficient (Wildman–Crippen LogP) is 2.47. The van der Waals surface area contributed by atoms with E-state index in [9.17, 15) is 0 Å². The minimum absolute atomic E-state index is 0.476. The molecule has 0 saturated carbocycles. The van der Waals surface area contributed by atoms with Crippen LogP contribution in [0.25, 0.3) is 0 Å². The highest BCUT2D eigenvalue weighted by Gasteiger charge is 2.05. The third-order valence-electron chi connectivity index (χ3n) is 3.37. The van der Waals surface area contributed by atoms with Crippen LogP contribution in [0, 0.1) is 0 Å². The summed E-state index contributed by atoms with van der Waals surface area (Å²) in [6.45, 7) is 5.23. The summed E-state index contributed by atoms with van der Waals surface area (Å²) in [5, 5.41) is 8.73. The van der Waals surface area contributed by atoms with E-state index in [-0.39, 0.29) is 0 Å². The monoisotopic (exact) mass is 362 g/mol. The van der Waals surface area contributed by atoms with Crippen LogP contribution >= 0.6 is 11.3 Å². The first-order chi connectivity index (χ1) is 12.3. The van der Waals surface area contributed by atoms with Gasteiger partial charge in [-0.25, -0.2) is 9.98 Å². The zero-order valence-corrected chi connectivity index (χ0v) is 15.6. The maximum absolute atomic E-state index is 5.66. The molecule has 25 heavy (non-hydrogen) atoms. The molecule has 0 radical (unpaired) electrons. The van der Waals surface area contributed by atoms with E-state index in [1.165, 1.54) is 4.88 Å². The van der Waals surface area contributed by atoms with Gasteiger partial charge in [0, 0.05) is 36.8 Å². The van der Waals surface area contributed by atoms with Gasteiger partial charge in [0.2, 0.25) is 5.88 Å². The van der Waals surface area contributed by atoms with Crippen molar-refractivity contribution in [3.63, 3.8) is 0 Å². The van der Waals surface area contributed by atoms with Crippen molar-refractivity contribution < 1.29 is 9.47 Å². The summed E-state index contributed by atoms with van der Waals surface area (Å²) in [5.41, 5.74) is 0.953. The molecule has 136 valence electrons. The van der Waals surface area contributed by atoms with E-state index < -0.39 is 0 Å². The summed E-state index contributed by atoms with van der Waals surface area (Å²) < 4.78 is 10.7. The average Bonchev–Trinajstić information content (AvgIpc) is 3.14. The Bertz CT molecular complexity index is 632. The van der Waals surface area contributed by atoms with Gasteiger partial charge in [0.05, 0.1) is 13.2 Å². The molecule has 2 N–H and O–H groups in total. The van der Waals surface area contributed by atoms with E-state index in [0.717, 1.165) is 31.0 Å². The number of pyridine rings is 1. The standard InChI is InChI=1S/C18H26N4O2S/c1-3-19-18(21-10-8-16-7-5-13-25-16)22-14-15-6-4-9-20-17(15)24-12-11-23-2/h4-7,9,13H,3,8,10-12,14H2,1-2H3,(H2,19,21,22). The Hall–Kier alpha value is -2.12. The lowest BCUT2D eigenvalue weighted by Gasteiger charge is -2.12. The predicted molar refractivity (Wildman–Crippen MR) is 102 cm³/mol. The number of hydrogen-bond donors (Lipinski definition) is 2. The largest absolute Gasteiger partial charge is 0.475 e. The van der Waals surface area contributed by atoms with Gasteiger partial charge in [-0.15, -0.1) is 11.3 Å². The van der Waals surface area contributed by atoms with Crippen molar-refractivity contribution in [2.75, 3.05) is 33.4 Å². The smallest absolute Gasteiger partial charge is 0.218 e. The highest BCUT2D eigenvalue weighted by Crippen LogP contribution is 2.15. The molecule has 0 aliphatic carbocycles. The van der Waals surface area contributed by atoms with Crippen LogP contribution in [0.4, 0.5) is 0 Å². The molecule has 2 aromatic rings. The minimum Gasteiger partial charge on any atom is -0.475 e. The molecule has 0 aromatic carbocycles. The Morgan fingerprint density at radius 2 is 2.16 bits per heavy atom. The first kappa shape index (κ1) is 19.2. The number of hydrogen-bond acceptors (Lipinski definition) is 5. The second-order valence-electron chi connectivity index (χ2n) is 5.26. The number of nitrogens with zero attached hydrogens (tertiary/aromatic N) is 2. The van der Waals surface area contributed by atoms with Crippen molar-refractivity contribution in [2.24, 2.45) is 4.99 Å². The van der Waals surface area contributed by atoms with Crippen LogP contribution in [0.3, 0.4) is 0 Å². The lowest BCUT2D eigenvalue weighted by atomic mass is 10.3. The molecule has 0 spiro atoms. The molecule has 0 aliphatic heterocycles. The van der Waals surface area contributed by atoms with Gasteiger partial charge in [-0.1, -0.05) is 12.1 Å². The van der Waals surface area contributed by atoms with E-state index in [1.807, 2.05) is 12.1 Å². The maximum atomic E-state index is 5.66. The molecule has 2 aromatic heterocycles. The topological polar surface area (TPSA) is 67.8 Å². The average molecular weight is 362 g/mol. The number of thiophene rings is 1. The van der Waals surface area contributed by atoms with E-state index >= 15 is 0 Å². The fourth-order valence-corrected chi connectivity index (χ4v) is 2.87. The number of methoxy groups -OCH3 is 1. The molecule has 2 rings (SSSR count). The summed E-state index contributed by atoms with van der Waals surface area (Å²) in [7, 11) is 1.65. The molecule has 0 unspecified atom stereocenters. The Labute approximate surface area is 153 Å². The molecule has 2 heterocycles. The first-order valence-electron chi connectivity index (χ1n) is 8.43. The number of aromatic nitrogens is 1. The van der Waals surface area contributed by atoms with Gasteiger partial charge in [-0.3, -0.25) is 0 Å². The van der Waals surface area contributed by atoms with Crippen LogP contribution in [0.1, 0.15) is 17.4 Å². The van der Waals surface area contributed by atoms with Crippen LogP contribution in [0.5, 0.6) is 5.88 Å². The van der Waals surface area contributed by atoms with Crippen LogP contribution in [0.2, 0.25) is 0 Å². The Kier molecular flexibility index (Phi) is 8.79. The zero-order chi connectivity index (χ0) is 17.7. The lowest BCUT2D eigenvalue weighted by molar-refractivity contribution is 0.143. The van der Waals surface area contributed by atoms with Gasteiger partial charge in [0.15, 0.2) is 5.96 Å². The van der Waals surface area contributed by atoms with Crippen molar-refractivity contribution in [3.8, 4) is 5.88 Å². The van der Waals surface area contributed by atoms with Gasteiger partial charge in [0.1, 0.15) is 6.61 Å². The van der Waals surface area contributed by atoms with Gasteiger partial charge in [0.25, 0.3) is 0 Å². The van der Waals surface area contributed by atoms with Crippen molar-refractivity contribution in [1.29, 1.82) is 0 Å². The lowest BCUT2D eigenvalue weighted by Crippen LogP contribution is -2.38. The van der Waals surface area contributed by atoms with Crippen molar-refractivity contribution in [3.05, 3.63) is 46.3 Å². The third kappa shape index (κ3) is 7.11. The Balaban J connectivity index is 1.91. The molecule has 0 amide bonds. The van der Waals surface area contributed by atoms with Crippen LogP contribution in [-0.2, 0) is 17.7 Å². The summed E-state index contributed by atoms with van der Waals surface area (Å²) >= 11 is 1.77. The van der Waals surface area contributed by atoms with Crippen LogP contribution in [-0.4, -0.2) is 44.4 Å². The highest BCUT2D eigenvalue weighted by atomic mass is 32.1. The molecule has 7 heteroatoms.